The van der Waals surface area contributed by atoms with Crippen LogP contribution in [0, 0.1) is 19.7 Å². The highest BCUT2D eigenvalue weighted by Crippen LogP contribution is 2.19. The van der Waals surface area contributed by atoms with Gasteiger partial charge in [-0.05, 0) is 25.5 Å². The van der Waals surface area contributed by atoms with Gasteiger partial charge in [-0.25, -0.2) is 4.39 Å². The van der Waals surface area contributed by atoms with Crippen LogP contribution in [-0.2, 0) is 17.8 Å². The molecule has 3 aromatic rings. The summed E-state index contributed by atoms with van der Waals surface area (Å²) >= 11 is 0. The number of halogens is 1. The summed E-state index contributed by atoms with van der Waals surface area (Å²) in [5.41, 5.74) is 1.78. The lowest BCUT2D eigenvalue weighted by Crippen LogP contribution is -2.26. The Bertz CT molecular complexity index is 919. The van der Waals surface area contributed by atoms with Crippen molar-refractivity contribution in [2.75, 3.05) is 7.05 Å². The maximum absolute atomic E-state index is 13.6. The van der Waals surface area contributed by atoms with Crippen LogP contribution in [0.25, 0.3) is 11.4 Å². The molecule has 0 fully saturated rings. The third kappa shape index (κ3) is 4.14. The van der Waals surface area contributed by atoms with Crippen LogP contribution >= 0.6 is 0 Å². The molecule has 8 heteroatoms. The summed E-state index contributed by atoms with van der Waals surface area (Å²) in [7, 11) is 1.70. The topological polar surface area (TPSA) is 85.3 Å². The van der Waals surface area contributed by atoms with E-state index in [1.54, 1.807) is 44.0 Å². The number of rotatable bonds is 6. The first kappa shape index (κ1) is 17.8. The second-order valence-corrected chi connectivity index (χ2v) is 6.15. The van der Waals surface area contributed by atoms with Crippen LogP contribution in [0.15, 0.2) is 33.3 Å². The predicted octanol–water partition coefficient (Wildman–Crippen LogP) is 3.07. The molecule has 3 rings (SSSR count). The van der Waals surface area contributed by atoms with Gasteiger partial charge in [0.05, 0.1) is 6.54 Å². The van der Waals surface area contributed by atoms with E-state index >= 15 is 0 Å². The number of aromatic nitrogens is 3. The van der Waals surface area contributed by atoms with Crippen LogP contribution in [0.5, 0.6) is 0 Å². The first-order chi connectivity index (χ1) is 12.4. The molecular formula is C18H19FN4O3. The van der Waals surface area contributed by atoms with Gasteiger partial charge in [0.2, 0.25) is 17.6 Å². The maximum Gasteiger partial charge on any atom is 0.227 e. The molecule has 0 N–H and O–H groups in total. The highest BCUT2D eigenvalue weighted by Gasteiger charge is 2.15. The zero-order valence-corrected chi connectivity index (χ0v) is 14.8. The summed E-state index contributed by atoms with van der Waals surface area (Å²) in [5.74, 6) is 0.935. The normalized spacial score (nSPS) is 10.9. The van der Waals surface area contributed by atoms with Gasteiger partial charge in [-0.15, -0.1) is 0 Å². The van der Waals surface area contributed by atoms with E-state index in [4.69, 9.17) is 9.05 Å². The molecule has 7 nitrogen and oxygen atoms in total. The summed E-state index contributed by atoms with van der Waals surface area (Å²) in [6.07, 6.45) is 0.527. The minimum absolute atomic E-state index is 0.0771. The second-order valence-electron chi connectivity index (χ2n) is 6.15. The largest absolute Gasteiger partial charge is 0.361 e. The minimum Gasteiger partial charge on any atom is -0.361 e. The molecule has 0 saturated heterocycles. The van der Waals surface area contributed by atoms with Crippen LogP contribution in [0.3, 0.4) is 0 Å². The molecule has 2 heterocycles. The molecule has 0 radical (unpaired) electrons. The Kier molecular flexibility index (Phi) is 5.11. The van der Waals surface area contributed by atoms with E-state index in [1.165, 1.54) is 6.07 Å². The number of aryl methyl sites for hydroxylation is 3. The molecule has 26 heavy (non-hydrogen) atoms. The van der Waals surface area contributed by atoms with Crippen molar-refractivity contribution in [2.24, 2.45) is 0 Å². The van der Waals surface area contributed by atoms with E-state index in [-0.39, 0.29) is 18.1 Å². The van der Waals surface area contributed by atoms with Gasteiger partial charge in [-0.1, -0.05) is 22.4 Å². The van der Waals surface area contributed by atoms with E-state index in [1.807, 2.05) is 0 Å². The van der Waals surface area contributed by atoms with Gasteiger partial charge in [-0.2, -0.15) is 4.98 Å². The molecular weight excluding hydrogens is 339 g/mol. The Morgan fingerprint density at radius 3 is 2.69 bits per heavy atom. The Morgan fingerprint density at radius 2 is 2.00 bits per heavy atom. The molecule has 0 aliphatic carbocycles. The van der Waals surface area contributed by atoms with E-state index < -0.39 is 0 Å². The zero-order valence-electron chi connectivity index (χ0n) is 14.8. The summed E-state index contributed by atoms with van der Waals surface area (Å²) in [6, 6.07) is 6.54. The fourth-order valence-electron chi connectivity index (χ4n) is 2.43. The van der Waals surface area contributed by atoms with Crippen molar-refractivity contribution in [3.8, 4) is 11.4 Å². The monoisotopic (exact) mass is 358 g/mol. The lowest BCUT2D eigenvalue weighted by Gasteiger charge is -2.14. The average molecular weight is 358 g/mol. The van der Waals surface area contributed by atoms with Gasteiger partial charge >= 0.3 is 0 Å². The van der Waals surface area contributed by atoms with Crippen LogP contribution in [0.1, 0.15) is 29.3 Å². The molecule has 0 spiro atoms. The molecule has 0 atom stereocenters. The fraction of sp³-hybridized carbons (Fsp3) is 0.333. The third-order valence-electron chi connectivity index (χ3n) is 3.95. The molecule has 0 saturated carbocycles. The first-order valence-electron chi connectivity index (χ1n) is 8.17. The number of benzene rings is 1. The molecule has 0 aliphatic rings. The highest BCUT2D eigenvalue weighted by atomic mass is 19.1. The Labute approximate surface area is 149 Å². The molecule has 136 valence electrons. The fourth-order valence-corrected chi connectivity index (χ4v) is 2.43. The number of carbonyl (C=O) groups excluding carboxylic acids is 1. The lowest BCUT2D eigenvalue weighted by atomic mass is 10.1. The summed E-state index contributed by atoms with van der Waals surface area (Å²) in [4.78, 5) is 18.0. The van der Waals surface area contributed by atoms with Crippen LogP contribution < -0.4 is 0 Å². The predicted molar refractivity (Wildman–Crippen MR) is 90.5 cm³/mol. The van der Waals surface area contributed by atoms with Crippen molar-refractivity contribution in [1.29, 1.82) is 0 Å². The first-order valence-corrected chi connectivity index (χ1v) is 8.17. The van der Waals surface area contributed by atoms with E-state index in [0.29, 0.717) is 47.3 Å². The van der Waals surface area contributed by atoms with Crippen molar-refractivity contribution in [3.05, 3.63) is 53.0 Å². The van der Waals surface area contributed by atoms with E-state index in [2.05, 4.69) is 15.3 Å². The minimum atomic E-state index is -0.325. The van der Waals surface area contributed by atoms with Gasteiger partial charge < -0.3 is 13.9 Å². The summed E-state index contributed by atoms with van der Waals surface area (Å²) in [6.45, 7) is 3.85. The highest BCUT2D eigenvalue weighted by molar-refractivity contribution is 5.76. The quantitative estimate of drug-likeness (QED) is 0.673. The lowest BCUT2D eigenvalue weighted by molar-refractivity contribution is -0.130. The smallest absolute Gasteiger partial charge is 0.227 e. The van der Waals surface area contributed by atoms with Crippen LogP contribution in [0.4, 0.5) is 4.39 Å². The number of carbonyl (C=O) groups is 1. The molecule has 0 unspecified atom stereocenters. The maximum atomic E-state index is 13.6. The molecule has 1 amide bonds. The van der Waals surface area contributed by atoms with Gasteiger partial charge in [0, 0.05) is 31.5 Å². The number of hydrogen-bond donors (Lipinski definition) is 0. The number of amides is 1. The molecule has 2 aromatic heterocycles. The Balaban J connectivity index is 1.57. The third-order valence-corrected chi connectivity index (χ3v) is 3.95. The van der Waals surface area contributed by atoms with Crippen molar-refractivity contribution >= 4 is 5.91 Å². The van der Waals surface area contributed by atoms with Crippen LogP contribution in [0.2, 0.25) is 0 Å². The average Bonchev–Trinajstić information content (AvgIpc) is 3.24. The van der Waals surface area contributed by atoms with Crippen molar-refractivity contribution < 1.29 is 18.2 Å². The molecule has 0 aliphatic heterocycles. The number of hydrogen-bond acceptors (Lipinski definition) is 6. The van der Waals surface area contributed by atoms with Gasteiger partial charge in [0.15, 0.2) is 0 Å². The standard InChI is InChI=1S/C18H19FN4O3/c1-11-4-5-13(9-15(11)19)18-20-16(26-22-18)6-7-17(24)23(3)10-14-8-12(2)25-21-14/h4-5,8-9H,6-7,10H2,1-3H3. The van der Waals surface area contributed by atoms with Gasteiger partial charge in [-0.3, -0.25) is 4.79 Å². The number of nitrogens with zero attached hydrogens (tertiary/aromatic N) is 4. The van der Waals surface area contributed by atoms with E-state index in [9.17, 15) is 9.18 Å². The summed E-state index contributed by atoms with van der Waals surface area (Å²) in [5, 5.41) is 7.72. The Morgan fingerprint density at radius 1 is 1.19 bits per heavy atom. The van der Waals surface area contributed by atoms with Gasteiger partial charge in [0.25, 0.3) is 0 Å². The van der Waals surface area contributed by atoms with Crippen molar-refractivity contribution in [3.63, 3.8) is 0 Å². The zero-order chi connectivity index (χ0) is 18.7. The van der Waals surface area contributed by atoms with Crippen molar-refractivity contribution in [2.45, 2.75) is 33.2 Å². The van der Waals surface area contributed by atoms with E-state index in [0.717, 1.165) is 0 Å². The summed E-state index contributed by atoms with van der Waals surface area (Å²) < 4.78 is 23.8. The SMILES string of the molecule is Cc1cc(CN(C)C(=O)CCc2nc(-c3ccc(C)c(F)c3)no2)no1. The van der Waals surface area contributed by atoms with Gasteiger partial charge in [0.1, 0.15) is 17.3 Å². The Hall–Kier alpha value is -3.03. The molecule has 1 aromatic carbocycles. The molecule has 0 bridgehead atoms. The van der Waals surface area contributed by atoms with Crippen LogP contribution in [-0.4, -0.2) is 33.2 Å². The van der Waals surface area contributed by atoms with Crippen molar-refractivity contribution in [1.82, 2.24) is 20.2 Å². The second kappa shape index (κ2) is 7.47.